The van der Waals surface area contributed by atoms with Crippen LogP contribution in [0.15, 0.2) is 29.2 Å². The molecule has 0 saturated carbocycles. The van der Waals surface area contributed by atoms with Crippen molar-refractivity contribution in [3.63, 3.8) is 0 Å². The summed E-state index contributed by atoms with van der Waals surface area (Å²) in [4.78, 5) is 12.4. The standard InChI is InChI=1S/C17H21F2N3OS/c1-11(9-22-13(3)6-12(2)21-22)8-20-17(23)10-24-14-4-5-15(18)16(19)7-14/h4-7,11H,8-10H2,1-3H3,(H,20,23). The summed E-state index contributed by atoms with van der Waals surface area (Å²) in [6, 6.07) is 5.64. The lowest BCUT2D eigenvalue weighted by atomic mass is 10.2. The lowest BCUT2D eigenvalue weighted by Gasteiger charge is -2.14. The topological polar surface area (TPSA) is 46.9 Å². The molecule has 1 heterocycles. The largest absolute Gasteiger partial charge is 0.355 e. The molecule has 130 valence electrons. The molecule has 0 radical (unpaired) electrons. The molecule has 1 N–H and O–H groups in total. The molecule has 0 bridgehead atoms. The Morgan fingerprint density at radius 2 is 2.04 bits per heavy atom. The van der Waals surface area contributed by atoms with E-state index in [1.807, 2.05) is 31.5 Å². The molecule has 0 saturated heterocycles. The molecule has 0 aliphatic carbocycles. The zero-order chi connectivity index (χ0) is 17.7. The van der Waals surface area contributed by atoms with Gasteiger partial charge in [-0.25, -0.2) is 8.78 Å². The summed E-state index contributed by atoms with van der Waals surface area (Å²) in [7, 11) is 0. The second-order valence-electron chi connectivity index (χ2n) is 5.88. The fourth-order valence-corrected chi connectivity index (χ4v) is 3.03. The average molecular weight is 353 g/mol. The first-order valence-electron chi connectivity index (χ1n) is 7.70. The molecule has 1 aromatic carbocycles. The number of rotatable bonds is 7. The number of hydrogen-bond donors (Lipinski definition) is 1. The van der Waals surface area contributed by atoms with E-state index in [1.165, 1.54) is 17.8 Å². The Labute approximate surface area is 144 Å². The van der Waals surface area contributed by atoms with Gasteiger partial charge in [-0.15, -0.1) is 11.8 Å². The number of halogens is 2. The van der Waals surface area contributed by atoms with Gasteiger partial charge in [-0.2, -0.15) is 5.10 Å². The second kappa shape index (κ2) is 8.28. The molecule has 0 fully saturated rings. The molecule has 0 aliphatic heterocycles. The number of carbonyl (C=O) groups is 1. The van der Waals surface area contributed by atoms with Crippen LogP contribution in [0.1, 0.15) is 18.3 Å². The van der Waals surface area contributed by atoms with E-state index in [-0.39, 0.29) is 17.6 Å². The van der Waals surface area contributed by atoms with Gasteiger partial charge in [0.25, 0.3) is 0 Å². The zero-order valence-electron chi connectivity index (χ0n) is 14.0. The minimum Gasteiger partial charge on any atom is -0.355 e. The highest BCUT2D eigenvalue weighted by Crippen LogP contribution is 2.20. The van der Waals surface area contributed by atoms with Gasteiger partial charge in [0.1, 0.15) is 0 Å². The summed E-state index contributed by atoms with van der Waals surface area (Å²) >= 11 is 1.18. The summed E-state index contributed by atoms with van der Waals surface area (Å²) < 4.78 is 27.9. The maximum absolute atomic E-state index is 13.1. The van der Waals surface area contributed by atoms with Crippen LogP contribution in [0.2, 0.25) is 0 Å². The second-order valence-corrected chi connectivity index (χ2v) is 6.93. The molecule has 7 heteroatoms. The van der Waals surface area contributed by atoms with Gasteiger partial charge in [0.05, 0.1) is 11.4 Å². The van der Waals surface area contributed by atoms with Crippen molar-refractivity contribution >= 4 is 17.7 Å². The zero-order valence-corrected chi connectivity index (χ0v) is 14.8. The molecule has 1 amide bonds. The summed E-state index contributed by atoms with van der Waals surface area (Å²) in [5.74, 6) is -1.52. The quantitative estimate of drug-likeness (QED) is 0.777. The number of carbonyl (C=O) groups excluding carboxylic acids is 1. The molecule has 2 rings (SSSR count). The highest BCUT2D eigenvalue weighted by Gasteiger charge is 2.10. The van der Waals surface area contributed by atoms with Crippen molar-refractivity contribution < 1.29 is 13.6 Å². The fraction of sp³-hybridized carbons (Fsp3) is 0.412. The maximum atomic E-state index is 13.1. The maximum Gasteiger partial charge on any atom is 0.230 e. The van der Waals surface area contributed by atoms with Crippen molar-refractivity contribution in [2.24, 2.45) is 5.92 Å². The molecular weight excluding hydrogens is 332 g/mol. The number of amides is 1. The van der Waals surface area contributed by atoms with Crippen LogP contribution < -0.4 is 5.32 Å². The number of nitrogens with zero attached hydrogens (tertiary/aromatic N) is 2. The lowest BCUT2D eigenvalue weighted by Crippen LogP contribution is -2.31. The predicted molar refractivity (Wildman–Crippen MR) is 91.0 cm³/mol. The van der Waals surface area contributed by atoms with Crippen LogP contribution in [-0.2, 0) is 11.3 Å². The van der Waals surface area contributed by atoms with Crippen LogP contribution in [0.25, 0.3) is 0 Å². The molecule has 4 nitrogen and oxygen atoms in total. The average Bonchev–Trinajstić information content (AvgIpc) is 2.84. The molecular formula is C17H21F2N3OS. The SMILES string of the molecule is Cc1cc(C)n(CC(C)CNC(=O)CSc2ccc(F)c(F)c2)n1. The van der Waals surface area contributed by atoms with E-state index in [2.05, 4.69) is 10.4 Å². The number of benzene rings is 1. The van der Waals surface area contributed by atoms with Crippen LogP contribution in [0.3, 0.4) is 0 Å². The summed E-state index contributed by atoms with van der Waals surface area (Å²) in [6.07, 6.45) is 0. The Balaban J connectivity index is 1.74. The molecule has 24 heavy (non-hydrogen) atoms. The fourth-order valence-electron chi connectivity index (χ4n) is 2.27. The Morgan fingerprint density at radius 3 is 2.67 bits per heavy atom. The normalized spacial score (nSPS) is 12.2. The van der Waals surface area contributed by atoms with Gasteiger partial charge in [-0.3, -0.25) is 9.48 Å². The third-order valence-electron chi connectivity index (χ3n) is 3.50. The number of aryl methyl sites for hydroxylation is 2. The molecule has 0 aliphatic rings. The van der Waals surface area contributed by atoms with Gasteiger partial charge in [-0.05, 0) is 44.0 Å². The highest BCUT2D eigenvalue weighted by atomic mass is 32.2. The van der Waals surface area contributed by atoms with E-state index < -0.39 is 11.6 Å². The van der Waals surface area contributed by atoms with E-state index >= 15 is 0 Å². The monoisotopic (exact) mass is 353 g/mol. The van der Waals surface area contributed by atoms with Gasteiger partial charge in [0.2, 0.25) is 5.91 Å². The first-order valence-corrected chi connectivity index (χ1v) is 8.69. The van der Waals surface area contributed by atoms with Crippen molar-refractivity contribution in [1.82, 2.24) is 15.1 Å². The number of aromatic nitrogens is 2. The lowest BCUT2D eigenvalue weighted by molar-refractivity contribution is -0.118. The summed E-state index contributed by atoms with van der Waals surface area (Å²) in [5.41, 5.74) is 2.08. The summed E-state index contributed by atoms with van der Waals surface area (Å²) in [5, 5.41) is 7.26. The molecule has 1 unspecified atom stereocenters. The Kier molecular flexibility index (Phi) is 6.36. The van der Waals surface area contributed by atoms with E-state index in [9.17, 15) is 13.6 Å². The first-order chi connectivity index (χ1) is 11.3. The van der Waals surface area contributed by atoms with Crippen LogP contribution in [0.5, 0.6) is 0 Å². The van der Waals surface area contributed by atoms with Crippen LogP contribution >= 0.6 is 11.8 Å². The smallest absolute Gasteiger partial charge is 0.230 e. The Hall–Kier alpha value is -1.89. The van der Waals surface area contributed by atoms with Crippen molar-refractivity contribution in [3.8, 4) is 0 Å². The van der Waals surface area contributed by atoms with Gasteiger partial charge in [-0.1, -0.05) is 6.92 Å². The van der Waals surface area contributed by atoms with E-state index in [0.717, 1.165) is 30.1 Å². The van der Waals surface area contributed by atoms with Gasteiger partial charge in [0, 0.05) is 23.7 Å². The van der Waals surface area contributed by atoms with Crippen LogP contribution in [0.4, 0.5) is 8.78 Å². The Morgan fingerprint density at radius 1 is 1.29 bits per heavy atom. The molecule has 1 aromatic heterocycles. The summed E-state index contributed by atoms with van der Waals surface area (Å²) in [6.45, 7) is 7.26. The minimum absolute atomic E-state index is 0.134. The first kappa shape index (κ1) is 18.4. The highest BCUT2D eigenvalue weighted by molar-refractivity contribution is 8.00. The molecule has 2 aromatic rings. The number of nitrogens with one attached hydrogen (secondary N) is 1. The molecule has 0 spiro atoms. The third-order valence-corrected chi connectivity index (χ3v) is 4.49. The molecule has 1 atom stereocenters. The van der Waals surface area contributed by atoms with Gasteiger partial charge in [0.15, 0.2) is 11.6 Å². The van der Waals surface area contributed by atoms with E-state index in [4.69, 9.17) is 0 Å². The van der Waals surface area contributed by atoms with Gasteiger partial charge >= 0.3 is 0 Å². The number of thioether (sulfide) groups is 1. The third kappa shape index (κ3) is 5.33. The Bertz CT molecular complexity index is 718. The van der Waals surface area contributed by atoms with Crippen molar-refractivity contribution in [1.29, 1.82) is 0 Å². The van der Waals surface area contributed by atoms with Gasteiger partial charge < -0.3 is 5.32 Å². The van der Waals surface area contributed by atoms with Crippen molar-refractivity contribution in [2.75, 3.05) is 12.3 Å². The van der Waals surface area contributed by atoms with E-state index in [0.29, 0.717) is 11.4 Å². The van der Waals surface area contributed by atoms with Crippen LogP contribution in [-0.4, -0.2) is 28.0 Å². The van der Waals surface area contributed by atoms with Crippen LogP contribution in [0, 0.1) is 31.4 Å². The minimum atomic E-state index is -0.904. The van der Waals surface area contributed by atoms with Crippen molar-refractivity contribution in [2.45, 2.75) is 32.2 Å². The van der Waals surface area contributed by atoms with Crippen molar-refractivity contribution in [3.05, 3.63) is 47.3 Å². The predicted octanol–water partition coefficient (Wildman–Crippen LogP) is 3.32. The van der Waals surface area contributed by atoms with E-state index in [1.54, 1.807) is 0 Å². The number of hydrogen-bond acceptors (Lipinski definition) is 3.